The minimum Gasteiger partial charge on any atom is -0.469 e. The van der Waals surface area contributed by atoms with Crippen molar-refractivity contribution in [2.75, 3.05) is 25.1 Å². The first-order valence-electron chi connectivity index (χ1n) is 6.59. The van der Waals surface area contributed by atoms with Crippen LogP contribution in [0.15, 0.2) is 0 Å². The van der Waals surface area contributed by atoms with Crippen molar-refractivity contribution in [3.05, 3.63) is 5.82 Å². The Labute approximate surface area is 118 Å². The first kappa shape index (κ1) is 14.2. The van der Waals surface area contributed by atoms with Gasteiger partial charge in [0.1, 0.15) is 5.82 Å². The highest BCUT2D eigenvalue weighted by Crippen LogP contribution is 2.28. The smallest absolute Gasteiger partial charge is 0.310 e. The van der Waals surface area contributed by atoms with Gasteiger partial charge in [-0.15, -0.1) is 0 Å². The molecule has 5 nitrogen and oxygen atoms in total. The molecule has 0 N–H and O–H groups in total. The monoisotopic (exact) mass is 283 g/mol. The third-order valence-corrected chi connectivity index (χ3v) is 4.09. The highest BCUT2D eigenvalue weighted by atomic mass is 32.1. The van der Waals surface area contributed by atoms with Crippen molar-refractivity contribution in [1.29, 1.82) is 0 Å². The molecule has 1 aromatic heterocycles. The number of rotatable bonds is 2. The third kappa shape index (κ3) is 3.23. The maximum atomic E-state index is 11.6. The molecule has 1 fully saturated rings. The summed E-state index contributed by atoms with van der Waals surface area (Å²) in [5.41, 5.74) is -0.0354. The van der Waals surface area contributed by atoms with Crippen molar-refractivity contribution in [1.82, 2.24) is 9.36 Å². The lowest BCUT2D eigenvalue weighted by atomic mass is 9.96. The van der Waals surface area contributed by atoms with Gasteiger partial charge in [-0.3, -0.25) is 4.79 Å². The summed E-state index contributed by atoms with van der Waals surface area (Å²) in [6.45, 7) is 7.93. The maximum absolute atomic E-state index is 11.6. The Morgan fingerprint density at radius 1 is 1.47 bits per heavy atom. The van der Waals surface area contributed by atoms with E-state index in [1.807, 2.05) is 0 Å². The number of carbonyl (C=O) groups is 1. The van der Waals surface area contributed by atoms with Crippen LogP contribution in [0.1, 0.15) is 39.4 Å². The average Bonchev–Trinajstić information content (AvgIpc) is 2.87. The summed E-state index contributed by atoms with van der Waals surface area (Å²) in [5.74, 6) is 0.707. The maximum Gasteiger partial charge on any atom is 0.310 e. The summed E-state index contributed by atoms with van der Waals surface area (Å²) < 4.78 is 9.26. The van der Waals surface area contributed by atoms with Crippen molar-refractivity contribution >= 4 is 22.6 Å². The minimum atomic E-state index is -0.120. The second-order valence-corrected chi connectivity index (χ2v) is 6.69. The fourth-order valence-corrected chi connectivity index (χ4v) is 3.05. The third-order valence-electron chi connectivity index (χ3n) is 3.31. The van der Waals surface area contributed by atoms with Crippen LogP contribution in [0.25, 0.3) is 0 Å². The molecule has 2 rings (SSSR count). The van der Waals surface area contributed by atoms with Crippen LogP contribution in [0, 0.1) is 5.92 Å². The first-order chi connectivity index (χ1) is 8.91. The number of piperidine rings is 1. The van der Waals surface area contributed by atoms with E-state index in [9.17, 15) is 4.79 Å². The Hall–Kier alpha value is -1.17. The van der Waals surface area contributed by atoms with Gasteiger partial charge in [-0.05, 0) is 12.8 Å². The quantitative estimate of drug-likeness (QED) is 0.779. The second-order valence-electron chi connectivity index (χ2n) is 5.96. The standard InChI is InChI=1S/C13H21N3O2S/c1-13(2,3)11-14-12(19-15-11)16-7-5-6-9(8-16)10(17)18-4/h9H,5-8H2,1-4H3/t9-/m0/s1. The minimum absolute atomic E-state index is 0.0354. The van der Waals surface area contributed by atoms with Crippen LogP contribution in [0.5, 0.6) is 0 Å². The number of hydrogen-bond acceptors (Lipinski definition) is 6. The SMILES string of the molecule is COC(=O)[C@H]1CCCN(c2nc(C(C)(C)C)ns2)C1. The largest absolute Gasteiger partial charge is 0.469 e. The number of aromatic nitrogens is 2. The lowest BCUT2D eigenvalue weighted by Gasteiger charge is -2.30. The summed E-state index contributed by atoms with van der Waals surface area (Å²) in [7, 11) is 1.45. The van der Waals surface area contributed by atoms with Gasteiger partial charge in [0.25, 0.3) is 0 Å². The molecule has 0 spiro atoms. The molecule has 1 aliphatic rings. The van der Waals surface area contributed by atoms with E-state index in [0.717, 1.165) is 30.3 Å². The van der Waals surface area contributed by atoms with Crippen LogP contribution in [-0.2, 0) is 14.9 Å². The molecule has 0 radical (unpaired) electrons. The molecule has 1 aromatic rings. The highest BCUT2D eigenvalue weighted by molar-refractivity contribution is 7.09. The van der Waals surface area contributed by atoms with Gasteiger partial charge < -0.3 is 9.64 Å². The summed E-state index contributed by atoms with van der Waals surface area (Å²) in [6, 6.07) is 0. The number of methoxy groups -OCH3 is 1. The van der Waals surface area contributed by atoms with Crippen molar-refractivity contribution in [3.8, 4) is 0 Å². The van der Waals surface area contributed by atoms with E-state index >= 15 is 0 Å². The Morgan fingerprint density at radius 3 is 2.79 bits per heavy atom. The molecule has 1 aliphatic heterocycles. The summed E-state index contributed by atoms with van der Waals surface area (Å²) in [5, 5.41) is 0.915. The predicted octanol–water partition coefficient (Wildman–Crippen LogP) is 2.22. The molecule has 0 saturated carbocycles. The Morgan fingerprint density at radius 2 is 2.21 bits per heavy atom. The summed E-state index contributed by atoms with van der Waals surface area (Å²) >= 11 is 1.42. The molecule has 2 heterocycles. The van der Waals surface area contributed by atoms with E-state index in [1.54, 1.807) is 0 Å². The molecule has 1 saturated heterocycles. The number of anilines is 1. The van der Waals surface area contributed by atoms with Crippen LogP contribution in [0.3, 0.4) is 0 Å². The van der Waals surface area contributed by atoms with Crippen molar-refractivity contribution < 1.29 is 9.53 Å². The van der Waals surface area contributed by atoms with Gasteiger partial charge in [-0.1, -0.05) is 20.8 Å². The van der Waals surface area contributed by atoms with Crippen LogP contribution in [0.2, 0.25) is 0 Å². The van der Waals surface area contributed by atoms with Gasteiger partial charge in [0.15, 0.2) is 0 Å². The number of hydrogen-bond donors (Lipinski definition) is 0. The Kier molecular flexibility index (Phi) is 4.08. The lowest BCUT2D eigenvalue weighted by molar-refractivity contribution is -0.145. The van der Waals surface area contributed by atoms with E-state index in [-0.39, 0.29) is 17.3 Å². The zero-order valence-corrected chi connectivity index (χ0v) is 12.8. The molecule has 0 amide bonds. The van der Waals surface area contributed by atoms with Crippen LogP contribution in [-0.4, -0.2) is 35.5 Å². The van der Waals surface area contributed by atoms with E-state index < -0.39 is 0 Å². The van der Waals surface area contributed by atoms with Gasteiger partial charge in [-0.25, -0.2) is 4.98 Å². The predicted molar refractivity (Wildman–Crippen MR) is 75.6 cm³/mol. The number of ether oxygens (including phenoxy) is 1. The molecular weight excluding hydrogens is 262 g/mol. The van der Waals surface area contributed by atoms with E-state index in [0.29, 0.717) is 6.54 Å². The number of nitrogens with zero attached hydrogens (tertiary/aromatic N) is 3. The van der Waals surface area contributed by atoms with Crippen LogP contribution >= 0.6 is 11.5 Å². The van der Waals surface area contributed by atoms with Gasteiger partial charge in [-0.2, -0.15) is 4.37 Å². The number of carbonyl (C=O) groups excluding carboxylic acids is 1. The zero-order valence-electron chi connectivity index (χ0n) is 12.0. The number of esters is 1. The molecule has 6 heteroatoms. The highest BCUT2D eigenvalue weighted by Gasteiger charge is 2.29. The summed E-state index contributed by atoms with van der Waals surface area (Å²) in [4.78, 5) is 18.4. The average molecular weight is 283 g/mol. The Bertz CT molecular complexity index is 453. The second kappa shape index (κ2) is 5.45. The molecule has 19 heavy (non-hydrogen) atoms. The first-order valence-corrected chi connectivity index (χ1v) is 7.36. The Balaban J connectivity index is 2.09. The van der Waals surface area contributed by atoms with Gasteiger partial charge in [0.2, 0.25) is 5.13 Å². The van der Waals surface area contributed by atoms with E-state index in [2.05, 4.69) is 35.0 Å². The zero-order chi connectivity index (χ0) is 14.0. The van der Waals surface area contributed by atoms with Crippen molar-refractivity contribution in [2.24, 2.45) is 5.92 Å². The van der Waals surface area contributed by atoms with Crippen LogP contribution in [0.4, 0.5) is 5.13 Å². The molecule has 0 unspecified atom stereocenters. The normalized spacial score (nSPS) is 20.4. The lowest BCUT2D eigenvalue weighted by Crippen LogP contribution is -2.39. The van der Waals surface area contributed by atoms with Crippen LogP contribution < -0.4 is 4.90 Å². The van der Waals surface area contributed by atoms with E-state index in [4.69, 9.17) is 4.74 Å². The fourth-order valence-electron chi connectivity index (χ4n) is 2.16. The molecule has 106 valence electrons. The fraction of sp³-hybridized carbons (Fsp3) is 0.769. The van der Waals surface area contributed by atoms with Gasteiger partial charge in [0, 0.05) is 30.0 Å². The van der Waals surface area contributed by atoms with Gasteiger partial charge in [0.05, 0.1) is 13.0 Å². The molecular formula is C13H21N3O2S. The molecule has 0 aromatic carbocycles. The topological polar surface area (TPSA) is 55.3 Å². The van der Waals surface area contributed by atoms with Gasteiger partial charge >= 0.3 is 5.97 Å². The molecule has 0 bridgehead atoms. The molecule has 0 aliphatic carbocycles. The van der Waals surface area contributed by atoms with Crippen molar-refractivity contribution in [3.63, 3.8) is 0 Å². The van der Waals surface area contributed by atoms with Crippen molar-refractivity contribution in [2.45, 2.75) is 39.0 Å². The molecule has 1 atom stereocenters. The van der Waals surface area contributed by atoms with E-state index in [1.165, 1.54) is 18.6 Å². The summed E-state index contributed by atoms with van der Waals surface area (Å²) in [6.07, 6.45) is 1.89.